The number of nitriles is 1. The van der Waals surface area contributed by atoms with Gasteiger partial charge in [-0.2, -0.15) is 10.4 Å². The summed E-state index contributed by atoms with van der Waals surface area (Å²) in [6.07, 6.45) is 0.302. The van der Waals surface area contributed by atoms with Gasteiger partial charge in [0.2, 0.25) is 0 Å². The van der Waals surface area contributed by atoms with E-state index >= 15 is 0 Å². The summed E-state index contributed by atoms with van der Waals surface area (Å²) in [7, 11) is 1.69. The van der Waals surface area contributed by atoms with E-state index in [4.69, 9.17) is 5.26 Å². The molecule has 1 aromatic heterocycles. The number of hydrogen-bond donors (Lipinski definition) is 1. The zero-order valence-corrected chi connectivity index (χ0v) is 13.4. The Bertz CT molecular complexity index is 672. The van der Waals surface area contributed by atoms with Crippen LogP contribution in [0.25, 0.3) is 11.3 Å². The summed E-state index contributed by atoms with van der Waals surface area (Å²) in [5.74, 6) is -0.173. The van der Waals surface area contributed by atoms with Gasteiger partial charge in [0.05, 0.1) is 18.2 Å². The lowest BCUT2D eigenvalue weighted by Crippen LogP contribution is -2.35. The topological polar surface area (TPSA) is 72.8 Å². The number of H-pyrrole nitrogens is 1. The predicted molar refractivity (Wildman–Crippen MR) is 83.5 cm³/mol. The van der Waals surface area contributed by atoms with Crippen molar-refractivity contribution in [3.8, 4) is 17.3 Å². The first-order chi connectivity index (χ1) is 10.0. The lowest BCUT2D eigenvalue weighted by Gasteiger charge is -2.21. The van der Waals surface area contributed by atoms with E-state index in [0.29, 0.717) is 17.8 Å². The molecule has 108 valence electrons. The molecule has 0 spiro atoms. The Morgan fingerprint density at radius 1 is 1.48 bits per heavy atom. The van der Waals surface area contributed by atoms with Crippen LogP contribution in [0.1, 0.15) is 23.8 Å². The molecule has 0 aliphatic heterocycles. The normalized spacial score (nSPS) is 11.7. The summed E-state index contributed by atoms with van der Waals surface area (Å²) in [5, 5.41) is 15.6. The molecule has 21 heavy (non-hydrogen) atoms. The number of carbonyl (C=O) groups is 1. The summed E-state index contributed by atoms with van der Waals surface area (Å²) in [5.41, 5.74) is 2.06. The van der Waals surface area contributed by atoms with Crippen molar-refractivity contribution in [3.63, 3.8) is 0 Å². The maximum Gasteiger partial charge on any atom is 0.271 e. The van der Waals surface area contributed by atoms with Crippen LogP contribution in [-0.4, -0.2) is 34.1 Å². The van der Waals surface area contributed by atoms with Gasteiger partial charge in [-0.15, -0.1) is 0 Å². The summed E-state index contributed by atoms with van der Waals surface area (Å²) in [4.78, 5) is 13.8. The van der Waals surface area contributed by atoms with Crippen molar-refractivity contribution in [1.29, 1.82) is 5.26 Å². The lowest BCUT2D eigenvalue weighted by molar-refractivity contribution is 0.0740. The van der Waals surface area contributed by atoms with E-state index < -0.39 is 0 Å². The third kappa shape index (κ3) is 3.50. The lowest BCUT2D eigenvalue weighted by atomic mass is 10.1. The van der Waals surface area contributed by atoms with Crippen LogP contribution in [0, 0.1) is 11.3 Å². The van der Waals surface area contributed by atoms with E-state index in [-0.39, 0.29) is 11.9 Å². The number of carbonyl (C=O) groups excluding carboxylic acids is 1. The molecule has 0 saturated heterocycles. The van der Waals surface area contributed by atoms with Crippen molar-refractivity contribution >= 4 is 21.8 Å². The van der Waals surface area contributed by atoms with E-state index in [1.54, 1.807) is 18.0 Å². The summed E-state index contributed by atoms with van der Waals surface area (Å²) in [6.45, 7) is 1.84. The molecule has 1 amide bonds. The third-order valence-electron chi connectivity index (χ3n) is 3.32. The van der Waals surface area contributed by atoms with Crippen LogP contribution in [0.5, 0.6) is 0 Å². The van der Waals surface area contributed by atoms with Crippen molar-refractivity contribution in [2.45, 2.75) is 19.4 Å². The van der Waals surface area contributed by atoms with Crippen molar-refractivity contribution < 1.29 is 4.79 Å². The van der Waals surface area contributed by atoms with Crippen LogP contribution in [-0.2, 0) is 0 Å². The molecular formula is C15H15BrN4O. The van der Waals surface area contributed by atoms with E-state index in [0.717, 1.165) is 10.0 Å². The number of aromatic nitrogens is 2. The van der Waals surface area contributed by atoms with Gasteiger partial charge in [0.25, 0.3) is 5.91 Å². The van der Waals surface area contributed by atoms with Gasteiger partial charge < -0.3 is 4.90 Å². The maximum atomic E-state index is 12.3. The number of amides is 1. The molecule has 0 aliphatic rings. The fourth-order valence-electron chi connectivity index (χ4n) is 1.86. The smallest absolute Gasteiger partial charge is 0.271 e. The number of aromatic amines is 1. The molecule has 2 aromatic rings. The second-order valence-corrected chi connectivity index (χ2v) is 5.72. The van der Waals surface area contributed by atoms with Gasteiger partial charge in [-0.05, 0) is 25.1 Å². The molecule has 1 atom stereocenters. The number of hydrogen-bond acceptors (Lipinski definition) is 3. The highest BCUT2D eigenvalue weighted by Gasteiger charge is 2.19. The standard InChI is InChI=1S/C15H15BrN4O/c1-10(7-8-17)20(2)15(21)14-9-13(18-19-14)11-3-5-12(16)6-4-11/h3-6,9-10H,7H2,1-2H3,(H,18,19). The van der Waals surface area contributed by atoms with Crippen LogP contribution in [0.2, 0.25) is 0 Å². The number of benzene rings is 1. The quantitative estimate of drug-likeness (QED) is 0.923. The number of rotatable bonds is 4. The van der Waals surface area contributed by atoms with Crippen molar-refractivity contribution in [2.75, 3.05) is 7.05 Å². The largest absolute Gasteiger partial charge is 0.337 e. The van der Waals surface area contributed by atoms with E-state index in [2.05, 4.69) is 32.2 Å². The predicted octanol–water partition coefficient (Wildman–Crippen LogP) is 3.21. The van der Waals surface area contributed by atoms with Crippen molar-refractivity contribution in [3.05, 3.63) is 40.5 Å². The minimum absolute atomic E-state index is 0.137. The Hall–Kier alpha value is -2.13. The molecule has 5 nitrogen and oxygen atoms in total. The zero-order chi connectivity index (χ0) is 15.4. The molecule has 6 heteroatoms. The first kappa shape index (κ1) is 15.3. The average Bonchev–Trinajstić information content (AvgIpc) is 2.96. The van der Waals surface area contributed by atoms with E-state index in [1.807, 2.05) is 31.2 Å². The first-order valence-corrected chi connectivity index (χ1v) is 7.27. The summed E-state index contributed by atoms with van der Waals surface area (Å²) in [6, 6.07) is 11.4. The van der Waals surface area contributed by atoms with E-state index in [9.17, 15) is 4.79 Å². The molecule has 1 aromatic carbocycles. The van der Waals surface area contributed by atoms with E-state index in [1.165, 1.54) is 0 Å². The van der Waals surface area contributed by atoms with Crippen LogP contribution < -0.4 is 0 Å². The zero-order valence-electron chi connectivity index (χ0n) is 11.8. The van der Waals surface area contributed by atoms with Gasteiger partial charge in [0.1, 0.15) is 5.69 Å². The molecule has 1 heterocycles. The van der Waals surface area contributed by atoms with Gasteiger partial charge in [0.15, 0.2) is 0 Å². The summed E-state index contributed by atoms with van der Waals surface area (Å²) < 4.78 is 0.989. The molecule has 0 aliphatic carbocycles. The van der Waals surface area contributed by atoms with Crippen molar-refractivity contribution in [1.82, 2.24) is 15.1 Å². The molecule has 0 saturated carbocycles. The Morgan fingerprint density at radius 3 is 2.76 bits per heavy atom. The molecular weight excluding hydrogens is 332 g/mol. The Morgan fingerprint density at radius 2 is 2.14 bits per heavy atom. The molecule has 0 bridgehead atoms. The third-order valence-corrected chi connectivity index (χ3v) is 3.85. The number of nitrogens with zero attached hydrogens (tertiary/aromatic N) is 3. The van der Waals surface area contributed by atoms with Gasteiger partial charge in [-0.25, -0.2) is 0 Å². The Kier molecular flexibility index (Phi) is 4.76. The number of halogens is 1. The van der Waals surface area contributed by atoms with Crippen LogP contribution in [0.3, 0.4) is 0 Å². The fourth-order valence-corrected chi connectivity index (χ4v) is 2.12. The minimum Gasteiger partial charge on any atom is -0.337 e. The molecule has 0 radical (unpaired) electrons. The maximum absolute atomic E-state index is 12.3. The SMILES string of the molecule is CC(CC#N)N(C)C(=O)c1cc(-c2ccc(Br)cc2)n[nH]1. The highest BCUT2D eigenvalue weighted by molar-refractivity contribution is 9.10. The molecule has 1 unspecified atom stereocenters. The molecule has 2 rings (SSSR count). The molecule has 1 N–H and O–H groups in total. The van der Waals surface area contributed by atoms with Gasteiger partial charge in [-0.1, -0.05) is 28.1 Å². The van der Waals surface area contributed by atoms with Crippen LogP contribution in [0.4, 0.5) is 0 Å². The van der Waals surface area contributed by atoms with Crippen molar-refractivity contribution in [2.24, 2.45) is 0 Å². The minimum atomic E-state index is -0.173. The highest BCUT2D eigenvalue weighted by atomic mass is 79.9. The Labute approximate surface area is 131 Å². The summed E-state index contributed by atoms with van der Waals surface area (Å²) >= 11 is 3.38. The number of nitrogens with one attached hydrogen (secondary N) is 1. The highest BCUT2D eigenvalue weighted by Crippen LogP contribution is 2.21. The van der Waals surface area contributed by atoms with Gasteiger partial charge in [0, 0.05) is 23.1 Å². The van der Waals surface area contributed by atoms with Crippen LogP contribution in [0.15, 0.2) is 34.8 Å². The first-order valence-electron chi connectivity index (χ1n) is 6.48. The second-order valence-electron chi connectivity index (χ2n) is 4.80. The Balaban J connectivity index is 2.18. The van der Waals surface area contributed by atoms with Gasteiger partial charge in [-0.3, -0.25) is 9.89 Å². The molecule has 0 fully saturated rings. The second kappa shape index (κ2) is 6.55. The van der Waals surface area contributed by atoms with Crippen LogP contribution >= 0.6 is 15.9 Å². The monoisotopic (exact) mass is 346 g/mol. The van der Waals surface area contributed by atoms with Gasteiger partial charge >= 0.3 is 0 Å². The fraction of sp³-hybridized carbons (Fsp3) is 0.267. The average molecular weight is 347 g/mol.